The van der Waals surface area contributed by atoms with Crippen LogP contribution in [0.2, 0.25) is 0 Å². The zero-order chi connectivity index (χ0) is 22.0. The summed E-state index contributed by atoms with van der Waals surface area (Å²) in [6.45, 7) is 0. The van der Waals surface area contributed by atoms with Gasteiger partial charge in [0.15, 0.2) is 23.1 Å². The van der Waals surface area contributed by atoms with Gasteiger partial charge in [0.2, 0.25) is 0 Å². The van der Waals surface area contributed by atoms with Gasteiger partial charge in [0.25, 0.3) is 0 Å². The van der Waals surface area contributed by atoms with Gasteiger partial charge in [-0.25, -0.2) is 8.78 Å². The summed E-state index contributed by atoms with van der Waals surface area (Å²) in [4.78, 5) is 0. The van der Waals surface area contributed by atoms with Crippen molar-refractivity contribution >= 4 is 17.8 Å². The van der Waals surface area contributed by atoms with Crippen LogP contribution >= 0.6 is 7.14 Å². The van der Waals surface area contributed by atoms with E-state index >= 15 is 0 Å². The van der Waals surface area contributed by atoms with E-state index < -0.39 is 42.4 Å². The number of aromatic hydroxyl groups is 1. The van der Waals surface area contributed by atoms with Gasteiger partial charge in [0, 0.05) is 28.4 Å². The van der Waals surface area contributed by atoms with Gasteiger partial charge in [0.05, 0.1) is 0 Å². The second kappa shape index (κ2) is 8.81. The molecule has 4 rings (SSSR count). The normalized spacial score (nSPS) is 21.6. The smallest absolute Gasteiger partial charge is 0.164 e. The molecule has 7 heteroatoms. The molecule has 1 fully saturated rings. The van der Waals surface area contributed by atoms with Gasteiger partial charge < -0.3 is 19.5 Å². The van der Waals surface area contributed by atoms with E-state index in [1.165, 1.54) is 0 Å². The van der Waals surface area contributed by atoms with Crippen LogP contribution in [0.25, 0.3) is 0 Å². The first-order valence-electron chi connectivity index (χ1n) is 10.1. The SMILES string of the molecule is O=P(c1ccccc1)(c1ccccc1)[C@H]1CCCC(Oc2cc(F)c(F)cc2O)[C@@H]1O. The third kappa shape index (κ3) is 4.10. The number of aliphatic hydroxyl groups is 1. The number of benzene rings is 3. The zero-order valence-corrected chi connectivity index (χ0v) is 17.6. The molecule has 4 nitrogen and oxygen atoms in total. The Bertz CT molecular complexity index is 1050. The van der Waals surface area contributed by atoms with Crippen LogP contribution < -0.4 is 15.3 Å². The van der Waals surface area contributed by atoms with E-state index in [4.69, 9.17) is 4.74 Å². The number of halogens is 2. The van der Waals surface area contributed by atoms with Gasteiger partial charge in [-0.3, -0.25) is 0 Å². The molecule has 2 N–H and O–H groups in total. The average Bonchev–Trinajstić information content (AvgIpc) is 2.79. The number of aliphatic hydroxyl groups excluding tert-OH is 1. The van der Waals surface area contributed by atoms with Gasteiger partial charge in [-0.2, -0.15) is 0 Å². The van der Waals surface area contributed by atoms with Crippen molar-refractivity contribution in [2.24, 2.45) is 0 Å². The Morgan fingerprint density at radius 1 is 0.871 bits per heavy atom. The van der Waals surface area contributed by atoms with Crippen LogP contribution in [0.3, 0.4) is 0 Å². The Morgan fingerprint density at radius 3 is 2.00 bits per heavy atom. The average molecular weight is 444 g/mol. The standard InChI is InChI=1S/C24H23F2O4P/c25-18-14-20(27)22(15-19(18)26)30-21-12-7-13-23(24(21)28)31(29,16-8-3-1-4-9-16)17-10-5-2-6-11-17/h1-6,8-11,14-15,21,23-24,27-28H,7,12-13H2/t21?,23-,24-/m0/s1. The molecule has 1 aliphatic rings. The Hall–Kier alpha value is -2.69. The van der Waals surface area contributed by atoms with Crippen molar-refractivity contribution < 1.29 is 28.3 Å². The van der Waals surface area contributed by atoms with Crippen LogP contribution in [-0.2, 0) is 4.57 Å². The lowest BCUT2D eigenvalue weighted by molar-refractivity contribution is 0.00808. The monoisotopic (exact) mass is 444 g/mol. The summed E-state index contributed by atoms with van der Waals surface area (Å²) in [5, 5.41) is 22.4. The van der Waals surface area contributed by atoms with Crippen molar-refractivity contribution in [3.05, 3.63) is 84.4 Å². The van der Waals surface area contributed by atoms with E-state index in [-0.39, 0.29) is 5.75 Å². The molecule has 0 aromatic heterocycles. The zero-order valence-electron chi connectivity index (χ0n) is 16.7. The number of hydrogen-bond donors (Lipinski definition) is 2. The maximum absolute atomic E-state index is 14.6. The van der Waals surface area contributed by atoms with E-state index in [0.29, 0.717) is 35.9 Å². The highest BCUT2D eigenvalue weighted by Crippen LogP contribution is 2.54. The van der Waals surface area contributed by atoms with E-state index in [1.807, 2.05) is 36.4 Å². The van der Waals surface area contributed by atoms with Gasteiger partial charge >= 0.3 is 0 Å². The largest absolute Gasteiger partial charge is 0.504 e. The van der Waals surface area contributed by atoms with Crippen LogP contribution in [-0.4, -0.2) is 28.1 Å². The molecule has 31 heavy (non-hydrogen) atoms. The predicted molar refractivity (Wildman–Crippen MR) is 116 cm³/mol. The highest BCUT2D eigenvalue weighted by Gasteiger charge is 2.46. The minimum atomic E-state index is -3.25. The third-order valence-corrected chi connectivity index (χ3v) is 9.42. The molecule has 3 atom stereocenters. The van der Waals surface area contributed by atoms with E-state index in [9.17, 15) is 23.6 Å². The fraction of sp³-hybridized carbons (Fsp3) is 0.250. The van der Waals surface area contributed by atoms with E-state index in [0.717, 1.165) is 6.07 Å². The van der Waals surface area contributed by atoms with Gasteiger partial charge in [0.1, 0.15) is 19.3 Å². The molecule has 3 aromatic carbocycles. The minimum absolute atomic E-state index is 0.252. The van der Waals surface area contributed by atoms with E-state index in [1.54, 1.807) is 24.3 Å². The summed E-state index contributed by atoms with van der Waals surface area (Å²) in [5.41, 5.74) is -0.622. The number of ether oxygens (including phenoxy) is 1. The first-order chi connectivity index (χ1) is 14.9. The molecule has 0 heterocycles. The molecule has 0 radical (unpaired) electrons. The Kier molecular flexibility index (Phi) is 6.12. The van der Waals surface area contributed by atoms with Crippen molar-refractivity contribution in [1.82, 2.24) is 0 Å². The molecule has 0 aliphatic heterocycles. The molecule has 0 amide bonds. The molecule has 1 unspecified atom stereocenters. The van der Waals surface area contributed by atoms with Crippen LogP contribution in [0.15, 0.2) is 72.8 Å². The molecule has 1 saturated carbocycles. The summed E-state index contributed by atoms with van der Waals surface area (Å²) >= 11 is 0. The lowest BCUT2D eigenvalue weighted by Gasteiger charge is -2.39. The maximum atomic E-state index is 14.6. The van der Waals surface area contributed by atoms with Crippen LogP contribution in [0.5, 0.6) is 11.5 Å². The Morgan fingerprint density at radius 2 is 1.42 bits per heavy atom. The molecule has 162 valence electrons. The molecule has 0 saturated heterocycles. The Balaban J connectivity index is 1.70. The molecule has 0 spiro atoms. The maximum Gasteiger partial charge on any atom is 0.164 e. The van der Waals surface area contributed by atoms with Crippen molar-refractivity contribution in [2.75, 3.05) is 0 Å². The fourth-order valence-electron chi connectivity index (χ4n) is 4.25. The van der Waals surface area contributed by atoms with Gasteiger partial charge in [-0.1, -0.05) is 60.7 Å². The van der Waals surface area contributed by atoms with Crippen LogP contribution in [0.4, 0.5) is 8.78 Å². The first-order valence-corrected chi connectivity index (χ1v) is 11.9. The first kappa shape index (κ1) is 21.5. The summed E-state index contributed by atoms with van der Waals surface area (Å²) in [5.74, 6) is -3.15. The van der Waals surface area contributed by atoms with Gasteiger partial charge in [-0.15, -0.1) is 0 Å². The number of rotatable bonds is 5. The van der Waals surface area contributed by atoms with Crippen molar-refractivity contribution in [1.29, 1.82) is 0 Å². The van der Waals surface area contributed by atoms with Crippen LogP contribution in [0.1, 0.15) is 19.3 Å². The lowest BCUT2D eigenvalue weighted by Crippen LogP contribution is -2.47. The molecule has 3 aromatic rings. The summed E-state index contributed by atoms with van der Waals surface area (Å²) in [6, 6.07) is 19.5. The highest BCUT2D eigenvalue weighted by atomic mass is 31.2. The summed E-state index contributed by atoms with van der Waals surface area (Å²) < 4.78 is 47.3. The van der Waals surface area contributed by atoms with Crippen molar-refractivity contribution in [3.63, 3.8) is 0 Å². The molecular formula is C24H23F2O4P. The third-order valence-electron chi connectivity index (χ3n) is 5.79. The second-order valence-corrected chi connectivity index (χ2v) is 10.7. The molecule has 1 aliphatic carbocycles. The topological polar surface area (TPSA) is 66.8 Å². The van der Waals surface area contributed by atoms with E-state index in [2.05, 4.69) is 0 Å². The van der Waals surface area contributed by atoms with Crippen LogP contribution in [0, 0.1) is 11.6 Å². The number of hydrogen-bond acceptors (Lipinski definition) is 4. The molecular weight excluding hydrogens is 421 g/mol. The molecule has 0 bridgehead atoms. The summed E-state index contributed by atoms with van der Waals surface area (Å²) in [7, 11) is -3.25. The summed E-state index contributed by atoms with van der Waals surface area (Å²) in [6.07, 6.45) is -0.380. The van der Waals surface area contributed by atoms with Crippen molar-refractivity contribution in [3.8, 4) is 11.5 Å². The van der Waals surface area contributed by atoms with Gasteiger partial charge in [-0.05, 0) is 19.3 Å². The lowest BCUT2D eigenvalue weighted by atomic mass is 9.94. The quantitative estimate of drug-likeness (QED) is 0.575. The number of phenols is 1. The number of phenolic OH excluding ortho intramolecular Hbond substituents is 1. The predicted octanol–water partition coefficient (Wildman–Crippen LogP) is 4.35. The Labute approximate surface area is 179 Å². The highest BCUT2D eigenvalue weighted by molar-refractivity contribution is 7.79. The second-order valence-electron chi connectivity index (χ2n) is 7.71. The minimum Gasteiger partial charge on any atom is -0.504 e. The fourth-order valence-corrected chi connectivity index (χ4v) is 7.71. The van der Waals surface area contributed by atoms with Crippen molar-refractivity contribution in [2.45, 2.75) is 37.1 Å².